The molecule has 1 atom stereocenters. The van der Waals surface area contributed by atoms with Crippen LogP contribution in [0.1, 0.15) is 73.9 Å². The van der Waals surface area contributed by atoms with Crippen LogP contribution < -0.4 is 0 Å². The van der Waals surface area contributed by atoms with Gasteiger partial charge in [-0.2, -0.15) is 0 Å². The molecule has 0 radical (unpaired) electrons. The van der Waals surface area contributed by atoms with Crippen LogP contribution in [0.25, 0.3) is 28.9 Å². The normalized spacial score (nSPS) is 18.6. The van der Waals surface area contributed by atoms with E-state index in [0.29, 0.717) is 5.41 Å². The first-order chi connectivity index (χ1) is 13.7. The van der Waals surface area contributed by atoms with Crippen molar-refractivity contribution >= 4 is 54.7 Å². The second-order valence-corrected chi connectivity index (χ2v) is 13.4. The van der Waals surface area contributed by atoms with Crippen molar-refractivity contribution < 1.29 is 0 Å². The van der Waals surface area contributed by atoms with E-state index in [-0.39, 0.29) is 5.41 Å². The van der Waals surface area contributed by atoms with E-state index in [1.165, 1.54) is 57.8 Å². The van der Waals surface area contributed by atoms with Gasteiger partial charge in [-0.25, -0.2) is 0 Å². The summed E-state index contributed by atoms with van der Waals surface area (Å²) in [4.78, 5) is 9.01. The van der Waals surface area contributed by atoms with Crippen LogP contribution in [-0.4, -0.2) is 0 Å². The maximum Gasteiger partial charge on any atom is 0.0496 e. The first-order valence-electron chi connectivity index (χ1n) is 10.5. The lowest BCUT2D eigenvalue weighted by Crippen LogP contribution is -2.12. The highest BCUT2D eigenvalue weighted by Crippen LogP contribution is 2.60. The number of aryl methyl sites for hydroxylation is 2. The van der Waals surface area contributed by atoms with E-state index in [2.05, 4.69) is 66.7 Å². The van der Waals surface area contributed by atoms with Gasteiger partial charge in [0.05, 0.1) is 0 Å². The molecule has 0 amide bonds. The van der Waals surface area contributed by atoms with E-state index in [0.717, 1.165) is 0 Å². The lowest BCUT2D eigenvalue weighted by molar-refractivity contribution is 0.517. The molecule has 0 aromatic carbocycles. The Bertz CT molecular complexity index is 1220. The van der Waals surface area contributed by atoms with Crippen LogP contribution in [0.5, 0.6) is 0 Å². The monoisotopic (exact) mass is 456 g/mol. The minimum absolute atomic E-state index is 0.268. The predicted octanol–water partition coefficient (Wildman–Crippen LogP) is 9.75. The molecule has 0 aliphatic heterocycles. The van der Waals surface area contributed by atoms with Gasteiger partial charge in [-0.3, -0.25) is 0 Å². The molecular formula is C25H28S4. The molecule has 1 unspecified atom stereocenters. The predicted molar refractivity (Wildman–Crippen MR) is 136 cm³/mol. The molecule has 152 valence electrons. The maximum atomic E-state index is 2.47. The number of fused-ring (bicyclic) bond motifs is 2. The van der Waals surface area contributed by atoms with Gasteiger partial charge in [0.2, 0.25) is 0 Å². The largest absolute Gasteiger partial charge is 0.139 e. The third-order valence-electron chi connectivity index (χ3n) is 7.05. The lowest BCUT2D eigenvalue weighted by Gasteiger charge is -2.20. The zero-order valence-electron chi connectivity index (χ0n) is 18.3. The molecule has 1 aliphatic rings. The standard InChI is InChI=1S/C25H28S4/c1-8-24(5,6)18-11-10-16(26-18)19-13(3)21-22(28-19)14(4)20(29-21)17-12-15-23(27-17)25(15,7)9-2/h10-12H,8-9H2,1-7H3. The van der Waals surface area contributed by atoms with Crippen LogP contribution in [-0.2, 0) is 10.8 Å². The molecule has 1 aliphatic carbocycles. The van der Waals surface area contributed by atoms with Gasteiger partial charge >= 0.3 is 0 Å². The van der Waals surface area contributed by atoms with Crippen molar-refractivity contribution in [3.05, 3.63) is 44.6 Å². The average molecular weight is 457 g/mol. The molecule has 5 rings (SSSR count). The highest BCUT2D eigenvalue weighted by molar-refractivity contribution is 7.34. The summed E-state index contributed by atoms with van der Waals surface area (Å²) in [6.07, 6.45) is 2.41. The summed E-state index contributed by atoms with van der Waals surface area (Å²) in [6, 6.07) is 7.17. The zero-order chi connectivity index (χ0) is 20.7. The number of hydrogen-bond acceptors (Lipinski definition) is 4. The van der Waals surface area contributed by atoms with Crippen LogP contribution in [0.2, 0.25) is 0 Å². The van der Waals surface area contributed by atoms with Crippen molar-refractivity contribution in [2.75, 3.05) is 0 Å². The Morgan fingerprint density at radius 3 is 2.00 bits per heavy atom. The molecule has 29 heavy (non-hydrogen) atoms. The minimum Gasteiger partial charge on any atom is -0.139 e. The Labute approximate surface area is 190 Å². The van der Waals surface area contributed by atoms with Gasteiger partial charge in [0.1, 0.15) is 0 Å². The fourth-order valence-corrected chi connectivity index (χ4v) is 9.92. The molecule has 4 heterocycles. The van der Waals surface area contributed by atoms with Gasteiger partial charge in [0, 0.05) is 44.1 Å². The number of thiophene rings is 4. The van der Waals surface area contributed by atoms with Crippen LogP contribution in [0, 0.1) is 13.8 Å². The number of hydrogen-bond donors (Lipinski definition) is 0. The lowest BCUT2D eigenvalue weighted by atomic mass is 9.89. The number of rotatable bonds is 5. The second kappa shape index (κ2) is 6.53. The molecule has 0 saturated carbocycles. The van der Waals surface area contributed by atoms with Crippen molar-refractivity contribution in [2.45, 2.75) is 72.1 Å². The zero-order valence-corrected chi connectivity index (χ0v) is 21.5. The van der Waals surface area contributed by atoms with Crippen molar-refractivity contribution in [1.29, 1.82) is 0 Å². The first-order valence-corrected chi connectivity index (χ1v) is 13.8. The van der Waals surface area contributed by atoms with Crippen molar-refractivity contribution in [3.8, 4) is 19.5 Å². The van der Waals surface area contributed by atoms with Gasteiger partial charge in [-0.05, 0) is 67.0 Å². The minimum atomic E-state index is 0.268. The van der Waals surface area contributed by atoms with Gasteiger partial charge < -0.3 is 0 Å². The summed E-state index contributed by atoms with van der Waals surface area (Å²) in [7, 11) is 0. The van der Waals surface area contributed by atoms with E-state index in [1.807, 2.05) is 45.3 Å². The van der Waals surface area contributed by atoms with Crippen LogP contribution in [0.4, 0.5) is 0 Å². The summed E-state index contributed by atoms with van der Waals surface area (Å²) in [5, 5.41) is 0. The van der Waals surface area contributed by atoms with Crippen molar-refractivity contribution in [2.24, 2.45) is 0 Å². The van der Waals surface area contributed by atoms with E-state index in [9.17, 15) is 0 Å². The molecular weight excluding hydrogens is 429 g/mol. The molecule has 0 N–H and O–H groups in total. The van der Waals surface area contributed by atoms with E-state index in [4.69, 9.17) is 0 Å². The van der Waals surface area contributed by atoms with Crippen LogP contribution >= 0.6 is 45.3 Å². The summed E-state index contributed by atoms with van der Waals surface area (Å²) in [5.41, 5.74) is 5.21. The molecule has 0 nitrogen and oxygen atoms in total. The Morgan fingerprint density at radius 1 is 0.862 bits per heavy atom. The fraction of sp³-hybridized carbons (Fsp3) is 0.440. The molecule has 0 bridgehead atoms. The summed E-state index contributed by atoms with van der Waals surface area (Å²) < 4.78 is 3.00. The molecule has 0 saturated heterocycles. The SMILES string of the molecule is CCC(C)(C)c1ccc(-c2sc3c(C)c(-c4cc5c(s4)C5(C)CC)sc3c2C)s1. The molecule has 4 aromatic heterocycles. The molecule has 0 fully saturated rings. The maximum absolute atomic E-state index is 2.47. The van der Waals surface area contributed by atoms with Gasteiger partial charge in [-0.1, -0.05) is 34.6 Å². The van der Waals surface area contributed by atoms with Gasteiger partial charge in [0.15, 0.2) is 0 Å². The van der Waals surface area contributed by atoms with Gasteiger partial charge in [0.25, 0.3) is 0 Å². The first kappa shape index (κ1) is 20.0. The van der Waals surface area contributed by atoms with E-state index >= 15 is 0 Å². The van der Waals surface area contributed by atoms with Crippen molar-refractivity contribution in [3.63, 3.8) is 0 Å². The quantitative estimate of drug-likeness (QED) is 0.280. The van der Waals surface area contributed by atoms with Crippen molar-refractivity contribution in [1.82, 2.24) is 0 Å². The van der Waals surface area contributed by atoms with Crippen LogP contribution in [0.3, 0.4) is 0 Å². The fourth-order valence-electron chi connectivity index (χ4n) is 4.15. The topological polar surface area (TPSA) is 0 Å². The smallest absolute Gasteiger partial charge is 0.0496 e. The third-order valence-corrected chi connectivity index (χ3v) is 13.2. The van der Waals surface area contributed by atoms with Gasteiger partial charge in [-0.15, -0.1) is 45.3 Å². The average Bonchev–Trinajstić information content (AvgIpc) is 3.29. The highest BCUT2D eigenvalue weighted by atomic mass is 32.1. The molecule has 4 heteroatoms. The molecule has 4 aromatic rings. The second-order valence-electron chi connectivity index (χ2n) is 9.21. The Kier molecular flexibility index (Phi) is 4.50. The molecule has 0 spiro atoms. The Balaban J connectivity index is 1.54. The summed E-state index contributed by atoms with van der Waals surface area (Å²) >= 11 is 8.03. The summed E-state index contributed by atoms with van der Waals surface area (Å²) in [6.45, 7) is 16.4. The summed E-state index contributed by atoms with van der Waals surface area (Å²) in [5.74, 6) is 0. The van der Waals surface area contributed by atoms with Crippen LogP contribution in [0.15, 0.2) is 18.2 Å². The Morgan fingerprint density at radius 2 is 1.48 bits per heavy atom. The highest BCUT2D eigenvalue weighted by Gasteiger charge is 2.47. The third kappa shape index (κ3) is 2.79. The van der Waals surface area contributed by atoms with E-state index in [1.54, 1.807) is 10.4 Å². The Hall–Kier alpha value is -0.940. The van der Waals surface area contributed by atoms with E-state index < -0.39 is 0 Å².